The highest BCUT2D eigenvalue weighted by molar-refractivity contribution is 6.48. The molecular formula is C22H24Cl2O3. The lowest BCUT2D eigenvalue weighted by atomic mass is 10.1. The molecule has 0 unspecified atom stereocenters. The van der Waals surface area contributed by atoms with Gasteiger partial charge in [0.05, 0.1) is 5.92 Å². The van der Waals surface area contributed by atoms with Gasteiger partial charge in [-0.15, -0.1) is 23.2 Å². The molecule has 1 saturated carbocycles. The maximum Gasteiger partial charge on any atom is 0.310 e. The van der Waals surface area contributed by atoms with Crippen LogP contribution in [0.2, 0.25) is 0 Å². The lowest BCUT2D eigenvalue weighted by Gasteiger charge is -2.13. The fraction of sp³-hybridized carbons (Fsp3) is 0.409. The molecule has 0 aliphatic heterocycles. The SMILES string of the molecule is CC(Cl)(Cl)C[C@H]1[C@@H](C(=O)OCc2cccc(Oc3ccccc3)c2)C1(C)C. The Hall–Kier alpha value is -1.71. The molecule has 2 atom stereocenters. The number of rotatable bonds is 7. The van der Waals surface area contributed by atoms with E-state index in [1.165, 1.54) is 0 Å². The van der Waals surface area contributed by atoms with Gasteiger partial charge in [-0.1, -0.05) is 44.2 Å². The van der Waals surface area contributed by atoms with Crippen molar-refractivity contribution in [1.82, 2.24) is 0 Å². The van der Waals surface area contributed by atoms with Gasteiger partial charge in [0, 0.05) is 0 Å². The Labute approximate surface area is 170 Å². The molecule has 144 valence electrons. The van der Waals surface area contributed by atoms with Crippen LogP contribution in [0, 0.1) is 17.3 Å². The van der Waals surface area contributed by atoms with E-state index in [1.807, 2.05) is 54.6 Å². The second-order valence-electron chi connectivity index (χ2n) is 7.85. The first-order valence-electron chi connectivity index (χ1n) is 9.03. The molecule has 1 aliphatic carbocycles. The molecule has 0 saturated heterocycles. The summed E-state index contributed by atoms with van der Waals surface area (Å²) in [6.07, 6.45) is 0.573. The number of halogens is 2. The van der Waals surface area contributed by atoms with Crippen molar-refractivity contribution < 1.29 is 14.3 Å². The summed E-state index contributed by atoms with van der Waals surface area (Å²) < 4.78 is 10.5. The van der Waals surface area contributed by atoms with Crippen LogP contribution in [0.25, 0.3) is 0 Å². The van der Waals surface area contributed by atoms with E-state index in [2.05, 4.69) is 13.8 Å². The van der Waals surface area contributed by atoms with Crippen LogP contribution >= 0.6 is 23.2 Å². The van der Waals surface area contributed by atoms with Gasteiger partial charge < -0.3 is 9.47 Å². The van der Waals surface area contributed by atoms with E-state index in [0.717, 1.165) is 11.3 Å². The van der Waals surface area contributed by atoms with Gasteiger partial charge in [-0.25, -0.2) is 0 Å². The minimum absolute atomic E-state index is 0.137. The molecule has 2 aromatic rings. The summed E-state index contributed by atoms with van der Waals surface area (Å²) >= 11 is 12.2. The zero-order valence-corrected chi connectivity index (χ0v) is 17.3. The van der Waals surface area contributed by atoms with Crippen molar-refractivity contribution in [2.24, 2.45) is 17.3 Å². The first-order valence-corrected chi connectivity index (χ1v) is 9.79. The third-order valence-corrected chi connectivity index (χ3v) is 5.45. The van der Waals surface area contributed by atoms with Crippen molar-refractivity contribution in [2.75, 3.05) is 0 Å². The topological polar surface area (TPSA) is 35.5 Å². The molecule has 0 aromatic heterocycles. The molecule has 0 amide bonds. The number of para-hydroxylation sites is 1. The molecule has 0 spiro atoms. The average Bonchev–Trinajstić information content (AvgIpc) is 3.12. The summed E-state index contributed by atoms with van der Waals surface area (Å²) in [5.41, 5.74) is 0.742. The molecule has 0 N–H and O–H groups in total. The first-order chi connectivity index (χ1) is 12.7. The van der Waals surface area contributed by atoms with Gasteiger partial charge in [0.25, 0.3) is 0 Å². The van der Waals surface area contributed by atoms with Crippen LogP contribution in [0.15, 0.2) is 54.6 Å². The molecule has 1 fully saturated rings. The summed E-state index contributed by atoms with van der Waals surface area (Å²) in [5.74, 6) is 1.24. The molecule has 1 aliphatic rings. The summed E-state index contributed by atoms with van der Waals surface area (Å²) in [5, 5.41) is 0. The van der Waals surface area contributed by atoms with E-state index in [4.69, 9.17) is 32.7 Å². The summed E-state index contributed by atoms with van der Waals surface area (Å²) in [6.45, 7) is 6.07. The van der Waals surface area contributed by atoms with Crippen molar-refractivity contribution in [1.29, 1.82) is 0 Å². The number of esters is 1. The Morgan fingerprint density at radius 2 is 1.74 bits per heavy atom. The van der Waals surface area contributed by atoms with Crippen LogP contribution in [-0.4, -0.2) is 10.3 Å². The summed E-state index contributed by atoms with van der Waals surface area (Å²) in [4.78, 5) is 12.5. The highest BCUT2D eigenvalue weighted by atomic mass is 35.5. The molecular weight excluding hydrogens is 383 g/mol. The summed E-state index contributed by atoms with van der Waals surface area (Å²) in [7, 11) is 0. The fourth-order valence-electron chi connectivity index (χ4n) is 3.55. The van der Waals surface area contributed by atoms with Crippen LogP contribution in [-0.2, 0) is 16.1 Å². The standard InChI is InChI=1S/C22H24Cl2O3/c1-21(2)18(13-22(3,23)24)19(21)20(25)26-14-15-8-7-11-17(12-15)27-16-9-5-4-6-10-16/h4-12,18-19H,13-14H2,1-3H3/t18-,19-/m0/s1. The van der Waals surface area contributed by atoms with Crippen molar-refractivity contribution >= 4 is 29.2 Å². The second kappa shape index (κ2) is 7.73. The number of benzene rings is 2. The van der Waals surface area contributed by atoms with E-state index in [0.29, 0.717) is 12.2 Å². The Bertz CT molecular complexity index is 797. The lowest BCUT2D eigenvalue weighted by Crippen LogP contribution is -2.12. The van der Waals surface area contributed by atoms with E-state index < -0.39 is 4.33 Å². The molecule has 3 rings (SSSR count). The molecule has 5 heteroatoms. The van der Waals surface area contributed by atoms with Gasteiger partial charge in [0.15, 0.2) is 0 Å². The third-order valence-electron chi connectivity index (χ3n) is 5.14. The van der Waals surface area contributed by atoms with Crippen molar-refractivity contribution in [3.8, 4) is 11.5 Å². The molecule has 3 nitrogen and oxygen atoms in total. The quantitative estimate of drug-likeness (QED) is 0.395. The zero-order chi connectivity index (χ0) is 19.7. The van der Waals surface area contributed by atoms with Gasteiger partial charge in [0.2, 0.25) is 0 Å². The number of carbonyl (C=O) groups excluding carboxylic acids is 1. The Morgan fingerprint density at radius 1 is 1.07 bits per heavy atom. The predicted octanol–water partition coefficient (Wildman–Crippen LogP) is 6.38. The number of ether oxygens (including phenoxy) is 2. The fourth-order valence-corrected chi connectivity index (χ4v) is 3.88. The maximum atomic E-state index is 12.5. The zero-order valence-electron chi connectivity index (χ0n) is 15.7. The molecule has 0 bridgehead atoms. The third kappa shape index (κ3) is 5.18. The largest absolute Gasteiger partial charge is 0.461 e. The minimum atomic E-state index is -0.833. The molecule has 0 heterocycles. The Morgan fingerprint density at radius 3 is 2.41 bits per heavy atom. The Kier molecular flexibility index (Phi) is 5.73. The molecule has 2 aromatic carbocycles. The highest BCUT2D eigenvalue weighted by Crippen LogP contribution is 2.62. The van der Waals surface area contributed by atoms with Gasteiger partial charge in [0.1, 0.15) is 22.4 Å². The van der Waals surface area contributed by atoms with Crippen molar-refractivity contribution in [3.63, 3.8) is 0 Å². The number of hydrogen-bond acceptors (Lipinski definition) is 3. The van der Waals surface area contributed by atoms with E-state index in [-0.39, 0.29) is 29.8 Å². The van der Waals surface area contributed by atoms with Crippen LogP contribution in [0.5, 0.6) is 11.5 Å². The second-order valence-corrected chi connectivity index (χ2v) is 9.71. The van der Waals surface area contributed by atoms with E-state index in [9.17, 15) is 4.79 Å². The van der Waals surface area contributed by atoms with Crippen molar-refractivity contribution in [3.05, 3.63) is 60.2 Å². The maximum absolute atomic E-state index is 12.5. The molecule has 27 heavy (non-hydrogen) atoms. The van der Waals surface area contributed by atoms with Gasteiger partial charge in [-0.05, 0) is 54.5 Å². The van der Waals surface area contributed by atoms with Crippen LogP contribution in [0.1, 0.15) is 32.8 Å². The smallest absolute Gasteiger partial charge is 0.310 e. The van der Waals surface area contributed by atoms with Gasteiger partial charge >= 0.3 is 5.97 Å². The van der Waals surface area contributed by atoms with E-state index >= 15 is 0 Å². The van der Waals surface area contributed by atoms with Crippen LogP contribution in [0.4, 0.5) is 0 Å². The molecule has 0 radical (unpaired) electrons. The van der Waals surface area contributed by atoms with Gasteiger partial charge in [-0.2, -0.15) is 0 Å². The lowest BCUT2D eigenvalue weighted by molar-refractivity contribution is -0.147. The Balaban J connectivity index is 1.57. The summed E-state index contributed by atoms with van der Waals surface area (Å²) in [6, 6.07) is 17.1. The minimum Gasteiger partial charge on any atom is -0.461 e. The number of carbonyl (C=O) groups is 1. The number of alkyl halides is 2. The predicted molar refractivity (Wildman–Crippen MR) is 108 cm³/mol. The first kappa shape index (κ1) is 20.0. The van der Waals surface area contributed by atoms with Gasteiger partial charge in [-0.3, -0.25) is 4.79 Å². The van der Waals surface area contributed by atoms with E-state index in [1.54, 1.807) is 6.92 Å². The normalized spacial score (nSPS) is 20.8. The van der Waals surface area contributed by atoms with Crippen molar-refractivity contribution in [2.45, 2.75) is 38.1 Å². The van der Waals surface area contributed by atoms with Crippen LogP contribution in [0.3, 0.4) is 0 Å². The number of hydrogen-bond donors (Lipinski definition) is 0. The highest BCUT2D eigenvalue weighted by Gasteiger charge is 2.63. The average molecular weight is 407 g/mol. The van der Waals surface area contributed by atoms with Crippen LogP contribution < -0.4 is 4.74 Å². The monoisotopic (exact) mass is 406 g/mol.